The first-order chi connectivity index (χ1) is 18.2. The van der Waals surface area contributed by atoms with Gasteiger partial charge in [-0.25, -0.2) is 18.5 Å². The molecule has 0 amide bonds. The number of furan rings is 1. The Balaban J connectivity index is 1.16. The van der Waals surface area contributed by atoms with Crippen molar-refractivity contribution in [3.8, 4) is 11.6 Å². The van der Waals surface area contributed by atoms with Gasteiger partial charge in [-0.2, -0.15) is 9.50 Å². The molecule has 0 spiro atoms. The first-order valence-corrected chi connectivity index (χ1v) is 13.9. The number of aromatic nitrogens is 5. The van der Waals surface area contributed by atoms with Gasteiger partial charge < -0.3 is 19.6 Å². The third-order valence-electron chi connectivity index (χ3n) is 6.43. The molecule has 1 aliphatic rings. The highest BCUT2D eigenvalue weighted by molar-refractivity contribution is 7.91. The fourth-order valence-electron chi connectivity index (χ4n) is 4.53. The number of primary sulfonamides is 1. The second-order valence-corrected chi connectivity index (χ2v) is 11.6. The monoisotopic (exact) mass is 558 g/mol. The van der Waals surface area contributed by atoms with E-state index in [2.05, 4.69) is 20.0 Å². The Morgan fingerprint density at radius 1 is 1.13 bits per heavy atom. The molecule has 0 atom stereocenters. The van der Waals surface area contributed by atoms with Crippen molar-refractivity contribution in [2.75, 3.05) is 43.4 Å². The van der Waals surface area contributed by atoms with Crippen LogP contribution in [0.3, 0.4) is 0 Å². The Morgan fingerprint density at radius 3 is 2.61 bits per heavy atom. The molecule has 0 unspecified atom stereocenters. The summed E-state index contributed by atoms with van der Waals surface area (Å²) in [5, 5.41) is 22.2. The largest absolute Gasteiger partial charge is 0.461 e. The van der Waals surface area contributed by atoms with E-state index in [4.69, 9.17) is 15.3 Å². The van der Waals surface area contributed by atoms with Crippen molar-refractivity contribution in [3.63, 3.8) is 0 Å². The van der Waals surface area contributed by atoms with Gasteiger partial charge in [-0.1, -0.05) is 11.3 Å². The van der Waals surface area contributed by atoms with Crippen LogP contribution in [-0.4, -0.2) is 75.1 Å². The van der Waals surface area contributed by atoms with Gasteiger partial charge in [-0.3, -0.25) is 15.0 Å². The minimum Gasteiger partial charge on any atom is -0.461 e. The zero-order valence-electron chi connectivity index (χ0n) is 19.8. The lowest BCUT2D eigenvalue weighted by Crippen LogP contribution is -2.47. The Labute approximate surface area is 219 Å². The quantitative estimate of drug-likeness (QED) is 0.216. The van der Waals surface area contributed by atoms with E-state index in [1.54, 1.807) is 18.4 Å². The molecule has 0 radical (unpaired) electrons. The third kappa shape index (κ3) is 4.24. The molecule has 5 aromatic heterocycles. The van der Waals surface area contributed by atoms with E-state index in [0.29, 0.717) is 67.1 Å². The van der Waals surface area contributed by atoms with Crippen LogP contribution in [0.2, 0.25) is 0 Å². The molecule has 0 bridgehead atoms. The van der Waals surface area contributed by atoms with Crippen LogP contribution in [0.5, 0.6) is 0 Å². The number of anilines is 2. The number of hydrogen-bond donors (Lipinski definition) is 2. The average molecular weight is 559 g/mol. The van der Waals surface area contributed by atoms with Crippen LogP contribution in [0.1, 0.15) is 0 Å². The summed E-state index contributed by atoms with van der Waals surface area (Å²) in [5.41, 5.74) is 7.22. The van der Waals surface area contributed by atoms with Crippen LogP contribution in [0, 0.1) is 10.1 Å². The molecule has 5 aromatic rings. The van der Waals surface area contributed by atoms with Crippen molar-refractivity contribution in [1.82, 2.24) is 29.0 Å². The van der Waals surface area contributed by atoms with Crippen LogP contribution in [0.25, 0.3) is 28.3 Å². The zero-order valence-corrected chi connectivity index (χ0v) is 21.4. The molecule has 15 nitrogen and oxygen atoms in total. The van der Waals surface area contributed by atoms with Gasteiger partial charge in [0.25, 0.3) is 0 Å². The van der Waals surface area contributed by atoms with Crippen LogP contribution in [0.15, 0.2) is 45.4 Å². The number of fused-ring (bicyclic) bond motifs is 3. The second kappa shape index (κ2) is 9.05. The first-order valence-electron chi connectivity index (χ1n) is 11.5. The van der Waals surface area contributed by atoms with Crippen molar-refractivity contribution >= 4 is 54.7 Å². The molecule has 38 heavy (non-hydrogen) atoms. The van der Waals surface area contributed by atoms with Crippen LogP contribution >= 0.6 is 11.3 Å². The molecule has 198 valence electrons. The molecule has 0 aliphatic carbocycles. The lowest BCUT2D eigenvalue weighted by atomic mass is 10.3. The minimum absolute atomic E-state index is 0.211. The Morgan fingerprint density at radius 2 is 1.92 bits per heavy atom. The van der Waals surface area contributed by atoms with Crippen LogP contribution in [0.4, 0.5) is 16.6 Å². The summed E-state index contributed by atoms with van der Waals surface area (Å²) in [7, 11) is -4.02. The van der Waals surface area contributed by atoms with Gasteiger partial charge in [0, 0.05) is 51.5 Å². The standard InChI is InChI=1S/C21H22N10O5S2/c22-21-25-18-13(19-24-17(26-30(19)21)15-2-1-11-36-15)3-4-28(18)8-5-27-6-9-29(10-7-27)20-14(31(32)33)12-16(37-20)38(23,34)35/h1-4,11-12H,5-10H2,(H2,22,25)(H2,23,34,35). The average Bonchev–Trinajstić information content (AvgIpc) is 3.67. The summed E-state index contributed by atoms with van der Waals surface area (Å²) in [6, 6.07) is 6.49. The van der Waals surface area contributed by atoms with E-state index in [-0.39, 0.29) is 15.8 Å². The van der Waals surface area contributed by atoms with E-state index in [9.17, 15) is 18.5 Å². The number of nitrogens with two attached hydrogens (primary N) is 2. The molecule has 1 fully saturated rings. The number of nitrogens with zero attached hydrogens (tertiary/aromatic N) is 8. The highest BCUT2D eigenvalue weighted by Crippen LogP contribution is 2.39. The predicted molar refractivity (Wildman–Crippen MR) is 139 cm³/mol. The summed E-state index contributed by atoms with van der Waals surface area (Å²) >= 11 is 0.828. The Kier molecular flexibility index (Phi) is 5.78. The van der Waals surface area contributed by atoms with Gasteiger partial charge in [-0.05, 0) is 18.2 Å². The van der Waals surface area contributed by atoms with Gasteiger partial charge in [0.05, 0.1) is 16.6 Å². The molecule has 0 aromatic carbocycles. The SMILES string of the molecule is Nc1nc2c(ccn2CCN2CCN(c3sc(S(N)(=O)=O)cc3[N+](=O)[O-])CC2)c2nc(-c3ccco3)nn12. The molecule has 17 heteroatoms. The van der Waals surface area contributed by atoms with Gasteiger partial charge in [0.1, 0.15) is 9.86 Å². The second-order valence-electron chi connectivity index (χ2n) is 8.75. The maximum atomic E-state index is 11.7. The van der Waals surface area contributed by atoms with Gasteiger partial charge in [-0.15, -0.1) is 5.10 Å². The minimum atomic E-state index is -4.02. The normalized spacial score (nSPS) is 15.1. The Hall–Kier alpha value is -4.06. The summed E-state index contributed by atoms with van der Waals surface area (Å²) in [6.45, 7) is 3.67. The predicted octanol–water partition coefficient (Wildman–Crippen LogP) is 1.36. The molecular formula is C21H22N10O5S2. The molecule has 6 rings (SSSR count). The van der Waals surface area contributed by atoms with Gasteiger partial charge in [0.2, 0.25) is 21.8 Å². The van der Waals surface area contributed by atoms with E-state index in [0.717, 1.165) is 22.8 Å². The van der Waals surface area contributed by atoms with Crippen molar-refractivity contribution in [1.29, 1.82) is 0 Å². The fourth-order valence-corrected chi connectivity index (χ4v) is 6.42. The van der Waals surface area contributed by atoms with Crippen molar-refractivity contribution in [2.24, 2.45) is 5.14 Å². The highest BCUT2D eigenvalue weighted by Gasteiger charge is 2.29. The first kappa shape index (κ1) is 24.3. The number of nitrogen functional groups attached to an aromatic ring is 1. The molecule has 6 heterocycles. The van der Waals surface area contributed by atoms with E-state index >= 15 is 0 Å². The number of sulfonamides is 1. The van der Waals surface area contributed by atoms with Crippen molar-refractivity contribution in [3.05, 3.63) is 46.8 Å². The van der Waals surface area contributed by atoms with E-state index in [1.165, 1.54) is 4.52 Å². The smallest absolute Gasteiger partial charge is 0.305 e. The number of nitro groups is 1. The van der Waals surface area contributed by atoms with Crippen molar-refractivity contribution < 1.29 is 17.8 Å². The lowest BCUT2D eigenvalue weighted by molar-refractivity contribution is -0.383. The number of hydrogen-bond acceptors (Lipinski definition) is 12. The van der Waals surface area contributed by atoms with Crippen LogP contribution in [-0.2, 0) is 16.6 Å². The Bertz CT molecular complexity index is 1760. The summed E-state index contributed by atoms with van der Waals surface area (Å²) in [4.78, 5) is 24.1. The zero-order chi connectivity index (χ0) is 26.6. The molecule has 4 N–H and O–H groups in total. The summed E-state index contributed by atoms with van der Waals surface area (Å²) in [6.07, 6.45) is 3.48. The number of rotatable bonds is 7. The van der Waals surface area contributed by atoms with E-state index in [1.807, 2.05) is 21.7 Å². The lowest BCUT2D eigenvalue weighted by Gasteiger charge is -2.34. The summed E-state index contributed by atoms with van der Waals surface area (Å²) < 4.78 is 32.1. The van der Waals surface area contributed by atoms with E-state index < -0.39 is 14.9 Å². The fraction of sp³-hybridized carbons (Fsp3) is 0.286. The summed E-state index contributed by atoms with van der Waals surface area (Å²) in [5.74, 6) is 1.17. The highest BCUT2D eigenvalue weighted by atomic mass is 32.2. The topological polar surface area (TPSA) is 197 Å². The van der Waals surface area contributed by atoms with Gasteiger partial charge in [0.15, 0.2) is 16.4 Å². The maximum Gasteiger partial charge on any atom is 0.305 e. The number of thiophene rings is 1. The van der Waals surface area contributed by atoms with Crippen molar-refractivity contribution in [2.45, 2.75) is 10.8 Å². The molecule has 1 aliphatic heterocycles. The molecule has 1 saturated heterocycles. The molecular weight excluding hydrogens is 536 g/mol. The molecule has 0 saturated carbocycles. The number of piperazine rings is 1. The van der Waals surface area contributed by atoms with Crippen LogP contribution < -0.4 is 15.8 Å². The maximum absolute atomic E-state index is 11.7. The third-order valence-corrected chi connectivity index (χ3v) is 9.03. The van der Waals surface area contributed by atoms with Gasteiger partial charge >= 0.3 is 5.69 Å².